The van der Waals surface area contributed by atoms with Crippen LogP contribution in [0.1, 0.15) is 303 Å². The Bertz CT molecular complexity index is 954. The third kappa shape index (κ3) is 40.1. The average Bonchev–Trinajstić information content (AvgIpc) is 3.30. The predicted octanol–water partition coefficient (Wildman–Crippen LogP) is 16.9. The number of Topliss-reactive ketones (excluding diaryl/α,β-unsaturated/α-hetero) is 1. The lowest BCUT2D eigenvalue weighted by atomic mass is 9.94. The van der Waals surface area contributed by atoms with E-state index in [4.69, 9.17) is 4.74 Å². The highest BCUT2D eigenvalue weighted by Crippen LogP contribution is 2.24. The fourth-order valence-electron chi connectivity index (χ4n) is 10.3. The maximum atomic E-state index is 12.8. The molecule has 1 saturated carbocycles. The highest BCUT2D eigenvalue weighted by Gasteiger charge is 2.21. The molecule has 1 rings (SSSR count). The molecule has 1 N–H and O–H groups in total. The van der Waals surface area contributed by atoms with Gasteiger partial charge < -0.3 is 9.84 Å². The number of carbonyl (C=O) groups is 2. The van der Waals surface area contributed by atoms with E-state index in [1.165, 1.54) is 225 Å². The maximum absolute atomic E-state index is 12.8. The Kier molecular flexibility index (Phi) is 46.2. The lowest BCUT2D eigenvalue weighted by Gasteiger charge is -2.36. The van der Waals surface area contributed by atoms with E-state index in [0.717, 1.165) is 84.1 Å². The third-order valence-corrected chi connectivity index (χ3v) is 14.7. The second-order valence-electron chi connectivity index (χ2n) is 20.8. The molecule has 380 valence electrons. The molecule has 0 aromatic carbocycles. The molecule has 6 heteroatoms. The second kappa shape index (κ2) is 48.5. The van der Waals surface area contributed by atoms with Crippen LogP contribution in [-0.2, 0) is 14.3 Å². The number of unbranched alkanes of at least 4 members (excludes halogenated alkanes) is 29. The Hall–Kier alpha value is -0.980. The van der Waals surface area contributed by atoms with Crippen molar-refractivity contribution in [2.45, 2.75) is 309 Å². The predicted molar refractivity (Wildman–Crippen MR) is 279 cm³/mol. The molecular formula is C58H114N2O4. The van der Waals surface area contributed by atoms with Gasteiger partial charge in [-0.25, -0.2) is 0 Å². The van der Waals surface area contributed by atoms with Crippen LogP contribution >= 0.6 is 0 Å². The fraction of sp³-hybridized carbons (Fsp3) is 0.966. The van der Waals surface area contributed by atoms with Crippen LogP contribution in [0.2, 0.25) is 0 Å². The molecule has 0 bridgehead atoms. The molecule has 0 aromatic rings. The number of ketones is 1. The summed E-state index contributed by atoms with van der Waals surface area (Å²) in [5, 5.41) is 9.91. The second-order valence-corrected chi connectivity index (χ2v) is 20.8. The topological polar surface area (TPSA) is 70.1 Å². The number of aliphatic hydroxyl groups excluding tert-OH is 1. The van der Waals surface area contributed by atoms with E-state index < -0.39 is 0 Å². The first-order valence-electron chi connectivity index (χ1n) is 29.3. The summed E-state index contributed by atoms with van der Waals surface area (Å²) < 4.78 is 5.89. The smallest absolute Gasteiger partial charge is 0.305 e. The monoisotopic (exact) mass is 903 g/mol. The lowest BCUT2D eigenvalue weighted by molar-refractivity contribution is -0.145. The molecule has 0 atom stereocenters. The summed E-state index contributed by atoms with van der Waals surface area (Å²) >= 11 is 0. The minimum Gasteiger partial charge on any atom is -0.465 e. The Morgan fingerprint density at radius 1 is 0.453 bits per heavy atom. The number of ether oxygens (including phenoxy) is 1. The largest absolute Gasteiger partial charge is 0.465 e. The molecule has 1 aliphatic carbocycles. The van der Waals surface area contributed by atoms with Gasteiger partial charge in [0.25, 0.3) is 0 Å². The first kappa shape index (κ1) is 61.0. The van der Waals surface area contributed by atoms with Crippen LogP contribution in [0, 0.1) is 5.92 Å². The van der Waals surface area contributed by atoms with E-state index in [-0.39, 0.29) is 12.6 Å². The molecule has 0 radical (unpaired) electrons. The van der Waals surface area contributed by atoms with Crippen molar-refractivity contribution in [3.05, 3.63) is 0 Å². The van der Waals surface area contributed by atoms with E-state index in [1.807, 2.05) is 0 Å². The zero-order chi connectivity index (χ0) is 46.2. The van der Waals surface area contributed by atoms with E-state index >= 15 is 0 Å². The van der Waals surface area contributed by atoms with Crippen molar-refractivity contribution < 1.29 is 19.4 Å². The number of hydrogen-bond acceptors (Lipinski definition) is 6. The van der Waals surface area contributed by atoms with Gasteiger partial charge >= 0.3 is 5.97 Å². The minimum absolute atomic E-state index is 0.00833. The van der Waals surface area contributed by atoms with Gasteiger partial charge in [0.15, 0.2) is 0 Å². The van der Waals surface area contributed by atoms with E-state index in [9.17, 15) is 14.7 Å². The Balaban J connectivity index is 2.25. The number of aliphatic hydroxyl groups is 1. The number of carbonyl (C=O) groups excluding carboxylic acids is 2. The molecule has 6 nitrogen and oxygen atoms in total. The van der Waals surface area contributed by atoms with Crippen molar-refractivity contribution in [1.29, 1.82) is 0 Å². The highest BCUT2D eigenvalue weighted by atomic mass is 16.5. The average molecular weight is 904 g/mol. The number of hydrogen-bond donors (Lipinski definition) is 1. The van der Waals surface area contributed by atoms with Gasteiger partial charge in [0.05, 0.1) is 13.2 Å². The van der Waals surface area contributed by atoms with Gasteiger partial charge in [-0.2, -0.15) is 0 Å². The van der Waals surface area contributed by atoms with Crippen LogP contribution in [-0.4, -0.2) is 78.6 Å². The first-order valence-corrected chi connectivity index (χ1v) is 29.3. The maximum Gasteiger partial charge on any atom is 0.305 e. The van der Waals surface area contributed by atoms with Crippen molar-refractivity contribution >= 4 is 11.8 Å². The van der Waals surface area contributed by atoms with E-state index in [2.05, 4.69) is 30.6 Å². The van der Waals surface area contributed by atoms with Gasteiger partial charge in [0, 0.05) is 44.9 Å². The summed E-state index contributed by atoms with van der Waals surface area (Å²) in [6.45, 7) is 12.6. The third-order valence-electron chi connectivity index (χ3n) is 14.7. The van der Waals surface area contributed by atoms with Crippen LogP contribution < -0.4 is 0 Å². The van der Waals surface area contributed by atoms with Crippen molar-refractivity contribution in [2.75, 3.05) is 45.9 Å². The highest BCUT2D eigenvalue weighted by molar-refractivity contribution is 5.78. The van der Waals surface area contributed by atoms with E-state index in [0.29, 0.717) is 30.8 Å². The molecule has 64 heavy (non-hydrogen) atoms. The molecule has 1 aliphatic rings. The minimum atomic E-state index is -0.00833. The van der Waals surface area contributed by atoms with Crippen molar-refractivity contribution in [3.8, 4) is 0 Å². The summed E-state index contributed by atoms with van der Waals surface area (Å²) in [5.74, 6) is 0.998. The molecule has 0 aromatic heterocycles. The molecule has 0 heterocycles. The van der Waals surface area contributed by atoms with Crippen molar-refractivity contribution in [3.63, 3.8) is 0 Å². The summed E-state index contributed by atoms with van der Waals surface area (Å²) in [6, 6.07) is 0.684. The number of nitrogens with zero attached hydrogens (tertiary/aromatic N) is 2. The summed E-state index contributed by atoms with van der Waals surface area (Å²) in [6.07, 6.45) is 55.3. The van der Waals surface area contributed by atoms with Crippen LogP contribution in [0.5, 0.6) is 0 Å². The molecule has 0 amide bonds. The zero-order valence-corrected chi connectivity index (χ0v) is 43.8. The Morgan fingerprint density at radius 3 is 1.33 bits per heavy atom. The van der Waals surface area contributed by atoms with Gasteiger partial charge in [-0.05, 0) is 76.8 Å². The zero-order valence-electron chi connectivity index (χ0n) is 43.8. The van der Waals surface area contributed by atoms with Crippen LogP contribution in [0.25, 0.3) is 0 Å². The molecular weight excluding hydrogens is 789 g/mol. The molecule has 0 unspecified atom stereocenters. The summed E-state index contributed by atoms with van der Waals surface area (Å²) in [5.41, 5.74) is 0. The lowest BCUT2D eigenvalue weighted by Crippen LogP contribution is -2.43. The molecule has 1 fully saturated rings. The molecule has 0 aliphatic heterocycles. The van der Waals surface area contributed by atoms with Crippen LogP contribution in [0.3, 0.4) is 0 Å². The van der Waals surface area contributed by atoms with Gasteiger partial charge in [-0.1, -0.05) is 226 Å². The quantitative estimate of drug-likeness (QED) is 0.0484. The van der Waals surface area contributed by atoms with Gasteiger partial charge in [-0.15, -0.1) is 0 Å². The number of esters is 1. The fourth-order valence-corrected chi connectivity index (χ4v) is 10.3. The summed E-state index contributed by atoms with van der Waals surface area (Å²) in [7, 11) is 0. The summed E-state index contributed by atoms with van der Waals surface area (Å²) in [4.78, 5) is 30.6. The van der Waals surface area contributed by atoms with Gasteiger partial charge in [0.2, 0.25) is 0 Å². The molecule has 0 saturated heterocycles. The van der Waals surface area contributed by atoms with E-state index in [1.54, 1.807) is 0 Å². The van der Waals surface area contributed by atoms with Crippen LogP contribution in [0.15, 0.2) is 0 Å². The van der Waals surface area contributed by atoms with Crippen molar-refractivity contribution in [1.82, 2.24) is 9.80 Å². The first-order chi connectivity index (χ1) is 31.5. The normalized spacial score (nSPS) is 13.5. The van der Waals surface area contributed by atoms with Crippen molar-refractivity contribution in [2.24, 2.45) is 5.92 Å². The Morgan fingerprint density at radius 2 is 0.859 bits per heavy atom. The molecule has 0 spiro atoms. The van der Waals surface area contributed by atoms with Gasteiger partial charge in [-0.3, -0.25) is 19.4 Å². The Labute approximate surface area is 400 Å². The SMILES string of the molecule is CCCCCCCCCCCCCCCCCCC(=O)CCCCCN(CCN(CCO)CCCCCC(=O)OCC(CCCCCCCC)CCCCCCCC)C1CCCCC1. The van der Waals surface area contributed by atoms with Crippen LogP contribution in [0.4, 0.5) is 0 Å². The number of rotatable bonds is 51. The standard InChI is InChI=1S/C58H114N2O4/c1-4-7-10-13-16-17-18-19-20-21-22-23-24-25-28-36-45-57(62)46-37-30-40-49-60(56-43-34-29-35-44-56)51-50-59(52-53-61)48-39-31-38-47-58(63)64-54-55(41-32-26-14-11-8-5-2)42-33-27-15-12-9-6-3/h55-56,61H,4-54H2,1-3H3. The van der Waals surface area contributed by atoms with Gasteiger partial charge in [0.1, 0.15) is 5.78 Å².